The van der Waals surface area contributed by atoms with Crippen molar-refractivity contribution in [3.8, 4) is 11.5 Å². The topological polar surface area (TPSA) is 51.8 Å². The highest BCUT2D eigenvalue weighted by molar-refractivity contribution is 6.20. The van der Waals surface area contributed by atoms with Gasteiger partial charge in [0.1, 0.15) is 5.38 Å². The Morgan fingerprint density at radius 2 is 2.11 bits per heavy atom. The van der Waals surface area contributed by atoms with Gasteiger partial charge in [0.05, 0.1) is 5.52 Å². The smallest absolute Gasteiger partial charge is 0.247 e. The van der Waals surface area contributed by atoms with Crippen LogP contribution < -0.4 is 0 Å². The Labute approximate surface area is 109 Å². The number of pyridine rings is 1. The van der Waals surface area contributed by atoms with E-state index in [1.54, 1.807) is 13.1 Å². The van der Waals surface area contributed by atoms with Crippen LogP contribution in [0, 0.1) is 0 Å². The van der Waals surface area contributed by atoms with Crippen LogP contribution in [0.1, 0.15) is 18.2 Å². The van der Waals surface area contributed by atoms with E-state index < -0.39 is 0 Å². The van der Waals surface area contributed by atoms with Crippen LogP contribution in [0.5, 0.6) is 0 Å². The minimum Gasteiger partial charge on any atom is -0.419 e. The van der Waals surface area contributed by atoms with E-state index in [2.05, 4.69) is 15.2 Å². The SMILES string of the molecule is CC(Cl)c1nnc(-c2ccc3ncccc3c2)o1. The molecule has 2 heterocycles. The number of hydrogen-bond donors (Lipinski definition) is 0. The van der Waals surface area contributed by atoms with E-state index in [1.807, 2.05) is 30.3 Å². The third-order valence-electron chi connectivity index (χ3n) is 2.63. The zero-order chi connectivity index (χ0) is 12.5. The van der Waals surface area contributed by atoms with E-state index in [0.717, 1.165) is 16.5 Å². The molecule has 90 valence electrons. The number of benzene rings is 1. The highest BCUT2D eigenvalue weighted by Crippen LogP contribution is 2.25. The zero-order valence-corrected chi connectivity index (χ0v) is 10.4. The summed E-state index contributed by atoms with van der Waals surface area (Å²) >= 11 is 5.89. The molecule has 2 aromatic heterocycles. The van der Waals surface area contributed by atoms with Crippen molar-refractivity contribution in [2.45, 2.75) is 12.3 Å². The average molecular weight is 260 g/mol. The summed E-state index contributed by atoms with van der Waals surface area (Å²) in [4.78, 5) is 4.26. The highest BCUT2D eigenvalue weighted by atomic mass is 35.5. The Bertz CT molecular complexity index is 693. The first kappa shape index (κ1) is 11.2. The molecule has 4 nitrogen and oxygen atoms in total. The summed E-state index contributed by atoms with van der Waals surface area (Å²) in [6.07, 6.45) is 1.77. The van der Waals surface area contributed by atoms with Gasteiger partial charge in [0.15, 0.2) is 0 Å². The molecule has 0 N–H and O–H groups in total. The minimum atomic E-state index is -0.284. The van der Waals surface area contributed by atoms with Crippen LogP contribution in [0.15, 0.2) is 40.9 Å². The summed E-state index contributed by atoms with van der Waals surface area (Å²) in [5, 5.41) is 8.65. The molecule has 0 saturated heterocycles. The number of halogens is 1. The van der Waals surface area contributed by atoms with Crippen LogP contribution in [0.4, 0.5) is 0 Å². The van der Waals surface area contributed by atoms with Crippen LogP contribution in [-0.2, 0) is 0 Å². The fourth-order valence-corrected chi connectivity index (χ4v) is 1.81. The molecule has 0 aliphatic rings. The van der Waals surface area contributed by atoms with E-state index in [0.29, 0.717) is 11.8 Å². The first-order chi connectivity index (χ1) is 8.74. The molecule has 0 aliphatic carbocycles. The van der Waals surface area contributed by atoms with Gasteiger partial charge in [-0.2, -0.15) is 0 Å². The lowest BCUT2D eigenvalue weighted by Crippen LogP contribution is -1.82. The Balaban J connectivity index is 2.07. The summed E-state index contributed by atoms with van der Waals surface area (Å²) in [5.74, 6) is 0.904. The van der Waals surface area contributed by atoms with Gasteiger partial charge in [-0.05, 0) is 31.2 Å². The van der Waals surface area contributed by atoms with Gasteiger partial charge in [0.2, 0.25) is 11.8 Å². The Morgan fingerprint density at radius 1 is 1.22 bits per heavy atom. The molecule has 0 radical (unpaired) electrons. The van der Waals surface area contributed by atoms with Gasteiger partial charge >= 0.3 is 0 Å². The van der Waals surface area contributed by atoms with Gasteiger partial charge in [-0.1, -0.05) is 6.07 Å². The van der Waals surface area contributed by atoms with Crippen molar-refractivity contribution in [1.82, 2.24) is 15.2 Å². The van der Waals surface area contributed by atoms with Crippen molar-refractivity contribution in [3.05, 3.63) is 42.4 Å². The maximum absolute atomic E-state index is 5.89. The normalized spacial score (nSPS) is 12.8. The van der Waals surface area contributed by atoms with Crippen molar-refractivity contribution < 1.29 is 4.42 Å². The highest BCUT2D eigenvalue weighted by Gasteiger charge is 2.12. The van der Waals surface area contributed by atoms with Gasteiger partial charge in [0.25, 0.3) is 0 Å². The molecule has 1 atom stereocenters. The first-order valence-corrected chi connectivity index (χ1v) is 6.00. The average Bonchev–Trinajstić information content (AvgIpc) is 2.88. The van der Waals surface area contributed by atoms with Crippen LogP contribution in [0.25, 0.3) is 22.4 Å². The van der Waals surface area contributed by atoms with Crippen molar-refractivity contribution in [2.24, 2.45) is 0 Å². The number of fused-ring (bicyclic) bond motifs is 1. The lowest BCUT2D eigenvalue weighted by atomic mass is 10.1. The molecule has 3 aromatic rings. The van der Waals surface area contributed by atoms with Crippen LogP contribution >= 0.6 is 11.6 Å². The maximum Gasteiger partial charge on any atom is 0.247 e. The van der Waals surface area contributed by atoms with Crippen molar-refractivity contribution in [1.29, 1.82) is 0 Å². The maximum atomic E-state index is 5.89. The molecule has 0 spiro atoms. The monoisotopic (exact) mass is 259 g/mol. The second-order valence-electron chi connectivity index (χ2n) is 3.97. The molecule has 0 fully saturated rings. The predicted octanol–water partition coefficient (Wildman–Crippen LogP) is 3.58. The summed E-state index contributed by atoms with van der Waals surface area (Å²) in [6, 6.07) is 9.70. The summed E-state index contributed by atoms with van der Waals surface area (Å²) in [6.45, 7) is 1.79. The van der Waals surface area contributed by atoms with Crippen LogP contribution in [0.2, 0.25) is 0 Å². The molecule has 5 heteroatoms. The van der Waals surface area contributed by atoms with Crippen molar-refractivity contribution in [2.75, 3.05) is 0 Å². The molecular formula is C13H10ClN3O. The van der Waals surface area contributed by atoms with Gasteiger partial charge < -0.3 is 4.42 Å². The zero-order valence-electron chi connectivity index (χ0n) is 9.67. The van der Waals surface area contributed by atoms with Crippen molar-refractivity contribution in [3.63, 3.8) is 0 Å². The van der Waals surface area contributed by atoms with E-state index in [9.17, 15) is 0 Å². The lowest BCUT2D eigenvalue weighted by molar-refractivity contribution is 0.507. The molecule has 0 bridgehead atoms. The van der Waals surface area contributed by atoms with Crippen LogP contribution in [0.3, 0.4) is 0 Å². The molecule has 1 unspecified atom stereocenters. The molecule has 1 aromatic carbocycles. The van der Waals surface area contributed by atoms with E-state index in [4.69, 9.17) is 16.0 Å². The van der Waals surface area contributed by atoms with Gasteiger partial charge in [-0.15, -0.1) is 21.8 Å². The molecule has 0 amide bonds. The molecule has 18 heavy (non-hydrogen) atoms. The summed E-state index contributed by atoms with van der Waals surface area (Å²) < 4.78 is 5.51. The number of rotatable bonds is 2. The number of nitrogens with zero attached hydrogens (tertiary/aromatic N) is 3. The first-order valence-electron chi connectivity index (χ1n) is 5.56. The van der Waals surface area contributed by atoms with E-state index >= 15 is 0 Å². The molecule has 0 saturated carbocycles. The number of alkyl halides is 1. The Morgan fingerprint density at radius 3 is 2.89 bits per heavy atom. The summed E-state index contributed by atoms with van der Waals surface area (Å²) in [7, 11) is 0. The summed E-state index contributed by atoms with van der Waals surface area (Å²) in [5.41, 5.74) is 1.80. The fourth-order valence-electron chi connectivity index (χ4n) is 1.72. The molecular weight excluding hydrogens is 250 g/mol. The minimum absolute atomic E-state index is 0.284. The van der Waals surface area contributed by atoms with E-state index in [1.165, 1.54) is 0 Å². The second-order valence-corrected chi connectivity index (χ2v) is 4.63. The third-order valence-corrected chi connectivity index (χ3v) is 2.82. The predicted molar refractivity (Wildman–Crippen MR) is 69.3 cm³/mol. The van der Waals surface area contributed by atoms with Gasteiger partial charge in [-0.25, -0.2) is 0 Å². The largest absolute Gasteiger partial charge is 0.419 e. The standard InChI is InChI=1S/C13H10ClN3O/c1-8(14)12-16-17-13(18-12)10-4-5-11-9(7-10)3-2-6-15-11/h2-8H,1H3. The van der Waals surface area contributed by atoms with Gasteiger partial charge in [-0.3, -0.25) is 4.98 Å². The Hall–Kier alpha value is -1.94. The second kappa shape index (κ2) is 4.38. The quantitative estimate of drug-likeness (QED) is 0.660. The van der Waals surface area contributed by atoms with Gasteiger partial charge in [0, 0.05) is 17.1 Å². The molecule has 3 rings (SSSR count). The third kappa shape index (κ3) is 1.95. The number of hydrogen-bond acceptors (Lipinski definition) is 4. The van der Waals surface area contributed by atoms with E-state index in [-0.39, 0.29) is 5.38 Å². The van der Waals surface area contributed by atoms with Crippen LogP contribution in [-0.4, -0.2) is 15.2 Å². The molecule has 0 aliphatic heterocycles. The Kier molecular flexibility index (Phi) is 2.72. The fraction of sp³-hybridized carbons (Fsp3) is 0.154. The lowest BCUT2D eigenvalue weighted by Gasteiger charge is -1.99. The number of aromatic nitrogens is 3. The van der Waals surface area contributed by atoms with Crippen molar-refractivity contribution >= 4 is 22.5 Å².